The van der Waals surface area contributed by atoms with Crippen LogP contribution in [0.1, 0.15) is 17.7 Å². The van der Waals surface area contributed by atoms with E-state index < -0.39 is 0 Å². The highest BCUT2D eigenvalue weighted by molar-refractivity contribution is 5.86. The third kappa shape index (κ3) is 1.78. The van der Waals surface area contributed by atoms with E-state index in [4.69, 9.17) is 0 Å². The van der Waals surface area contributed by atoms with Crippen LogP contribution in [0.5, 0.6) is 0 Å². The summed E-state index contributed by atoms with van der Waals surface area (Å²) in [5.41, 5.74) is 9.19. The van der Waals surface area contributed by atoms with Crippen molar-refractivity contribution >= 4 is 16.8 Å². The predicted octanol–water partition coefficient (Wildman–Crippen LogP) is 1.52. The van der Waals surface area contributed by atoms with Crippen molar-refractivity contribution in [3.05, 3.63) is 35.5 Å². The van der Waals surface area contributed by atoms with Crippen LogP contribution in [-0.4, -0.2) is 17.9 Å². The third-order valence-electron chi connectivity index (χ3n) is 3.71. The van der Waals surface area contributed by atoms with Crippen LogP contribution in [0, 0.1) is 5.92 Å². The summed E-state index contributed by atoms with van der Waals surface area (Å²) in [7, 11) is 1.72. The number of amides is 1. The van der Waals surface area contributed by atoms with Crippen molar-refractivity contribution in [1.29, 1.82) is 0 Å². The van der Waals surface area contributed by atoms with Gasteiger partial charge in [-0.15, -0.1) is 0 Å². The van der Waals surface area contributed by atoms with Gasteiger partial charge >= 0.3 is 0 Å². The molecule has 1 aliphatic rings. The summed E-state index contributed by atoms with van der Waals surface area (Å²) in [4.78, 5) is 15.3. The highest BCUT2D eigenvalue weighted by Gasteiger charge is 2.26. The lowest BCUT2D eigenvalue weighted by atomic mass is 9.86. The second-order valence-corrected chi connectivity index (χ2v) is 4.81. The number of hydrogen-bond donors (Lipinski definition) is 3. The van der Waals surface area contributed by atoms with Crippen molar-refractivity contribution < 1.29 is 4.79 Å². The lowest BCUT2D eigenvalue weighted by Crippen LogP contribution is -2.40. The summed E-state index contributed by atoms with van der Waals surface area (Å²) in [6, 6.07) is 8.31. The molecule has 0 unspecified atom stereocenters. The normalized spacial score (nSPS) is 18.6. The van der Waals surface area contributed by atoms with E-state index in [-0.39, 0.29) is 11.8 Å². The summed E-state index contributed by atoms with van der Waals surface area (Å²) in [5.74, 6) is 0.164. The topological polar surface area (TPSA) is 56.9 Å². The molecule has 1 heterocycles. The van der Waals surface area contributed by atoms with Crippen LogP contribution in [0.2, 0.25) is 0 Å². The zero-order valence-corrected chi connectivity index (χ0v) is 10.4. The number of nitrogens with one attached hydrogen (secondary N) is 3. The van der Waals surface area contributed by atoms with Crippen LogP contribution in [-0.2, 0) is 17.6 Å². The van der Waals surface area contributed by atoms with Crippen LogP contribution in [0.25, 0.3) is 10.9 Å². The number of rotatable bonds is 2. The number of carbonyl (C=O) groups is 1. The van der Waals surface area contributed by atoms with Gasteiger partial charge in [0.2, 0.25) is 5.91 Å². The number of hydrazine groups is 1. The van der Waals surface area contributed by atoms with Gasteiger partial charge in [0.15, 0.2) is 0 Å². The van der Waals surface area contributed by atoms with E-state index in [9.17, 15) is 4.79 Å². The molecule has 3 rings (SSSR count). The molecule has 2 aromatic rings. The van der Waals surface area contributed by atoms with Crippen molar-refractivity contribution in [2.75, 3.05) is 7.05 Å². The predicted molar refractivity (Wildman–Crippen MR) is 71.0 cm³/mol. The number of aromatic amines is 1. The Kier molecular flexibility index (Phi) is 2.80. The molecule has 0 aliphatic heterocycles. The van der Waals surface area contributed by atoms with E-state index >= 15 is 0 Å². The number of carbonyl (C=O) groups excluding carboxylic acids is 1. The van der Waals surface area contributed by atoms with Gasteiger partial charge < -0.3 is 4.98 Å². The maximum absolute atomic E-state index is 11.9. The van der Waals surface area contributed by atoms with Crippen LogP contribution in [0.3, 0.4) is 0 Å². The maximum Gasteiger partial charge on any atom is 0.237 e. The number of H-pyrrole nitrogens is 1. The van der Waals surface area contributed by atoms with Crippen LogP contribution in [0.15, 0.2) is 24.3 Å². The number of fused-ring (bicyclic) bond motifs is 3. The number of benzene rings is 1. The Labute approximate surface area is 106 Å². The molecule has 0 radical (unpaired) electrons. The molecule has 0 saturated heterocycles. The Balaban J connectivity index is 1.94. The first-order chi connectivity index (χ1) is 8.79. The number of aryl methyl sites for hydroxylation is 1. The highest BCUT2D eigenvalue weighted by atomic mass is 16.2. The van der Waals surface area contributed by atoms with E-state index in [1.807, 2.05) is 12.1 Å². The first-order valence-corrected chi connectivity index (χ1v) is 6.34. The first kappa shape index (κ1) is 11.3. The van der Waals surface area contributed by atoms with Crippen molar-refractivity contribution in [3.8, 4) is 0 Å². The molecule has 1 atom stereocenters. The van der Waals surface area contributed by atoms with Gasteiger partial charge in [0.05, 0.1) is 0 Å². The maximum atomic E-state index is 11.9. The summed E-state index contributed by atoms with van der Waals surface area (Å²) in [6.45, 7) is 0. The summed E-state index contributed by atoms with van der Waals surface area (Å²) in [5, 5.41) is 1.26. The van der Waals surface area contributed by atoms with Gasteiger partial charge in [-0.3, -0.25) is 10.2 Å². The van der Waals surface area contributed by atoms with E-state index in [0.717, 1.165) is 19.3 Å². The Hall–Kier alpha value is -1.81. The molecule has 0 saturated carbocycles. The molecule has 4 nitrogen and oxygen atoms in total. The molecule has 94 valence electrons. The van der Waals surface area contributed by atoms with Crippen molar-refractivity contribution in [3.63, 3.8) is 0 Å². The van der Waals surface area contributed by atoms with E-state index in [1.165, 1.54) is 22.2 Å². The average Bonchev–Trinajstić information content (AvgIpc) is 2.76. The van der Waals surface area contributed by atoms with Crippen LogP contribution in [0.4, 0.5) is 0 Å². The van der Waals surface area contributed by atoms with E-state index in [0.29, 0.717) is 0 Å². The minimum atomic E-state index is 0.0733. The van der Waals surface area contributed by atoms with Gasteiger partial charge in [0.25, 0.3) is 0 Å². The minimum absolute atomic E-state index is 0.0733. The zero-order valence-electron chi connectivity index (χ0n) is 10.4. The van der Waals surface area contributed by atoms with Gasteiger partial charge in [-0.05, 0) is 30.9 Å². The molecule has 1 aromatic carbocycles. The fraction of sp³-hybridized carbons (Fsp3) is 0.357. The Bertz CT molecular complexity index is 588. The summed E-state index contributed by atoms with van der Waals surface area (Å²) >= 11 is 0. The molecule has 1 aromatic heterocycles. The second-order valence-electron chi connectivity index (χ2n) is 4.81. The lowest BCUT2D eigenvalue weighted by molar-refractivity contribution is -0.126. The van der Waals surface area contributed by atoms with Crippen molar-refractivity contribution in [2.45, 2.75) is 19.3 Å². The van der Waals surface area contributed by atoms with E-state index in [1.54, 1.807) is 7.05 Å². The molecule has 0 spiro atoms. The molecular weight excluding hydrogens is 226 g/mol. The smallest absolute Gasteiger partial charge is 0.237 e. The molecule has 18 heavy (non-hydrogen) atoms. The number of aromatic nitrogens is 1. The molecule has 0 bridgehead atoms. The molecular formula is C14H17N3O. The van der Waals surface area contributed by atoms with Gasteiger partial charge in [0, 0.05) is 29.6 Å². The zero-order chi connectivity index (χ0) is 12.5. The second kappa shape index (κ2) is 4.46. The first-order valence-electron chi connectivity index (χ1n) is 6.34. The fourth-order valence-electron chi connectivity index (χ4n) is 2.82. The van der Waals surface area contributed by atoms with Crippen LogP contribution < -0.4 is 10.9 Å². The number of para-hydroxylation sites is 1. The fourth-order valence-corrected chi connectivity index (χ4v) is 2.82. The van der Waals surface area contributed by atoms with Gasteiger partial charge in [-0.1, -0.05) is 18.2 Å². The summed E-state index contributed by atoms with van der Waals surface area (Å²) in [6.07, 6.45) is 2.69. The monoisotopic (exact) mass is 243 g/mol. The Morgan fingerprint density at radius 1 is 1.39 bits per heavy atom. The minimum Gasteiger partial charge on any atom is -0.358 e. The molecule has 0 fully saturated rings. The highest BCUT2D eigenvalue weighted by Crippen LogP contribution is 2.31. The SMILES string of the molecule is CNNC(=O)[C@@H]1CCc2[nH]c3ccccc3c2C1. The standard InChI is InChI=1S/C14H17N3O/c1-15-17-14(18)9-6-7-13-11(8-9)10-4-2-3-5-12(10)16-13/h2-5,9,15-16H,6-8H2,1H3,(H,17,18)/t9-/m1/s1. The average molecular weight is 243 g/mol. The van der Waals surface area contributed by atoms with Crippen LogP contribution >= 0.6 is 0 Å². The quantitative estimate of drug-likeness (QED) is 0.700. The molecule has 3 N–H and O–H groups in total. The van der Waals surface area contributed by atoms with Gasteiger partial charge in [-0.25, -0.2) is 5.43 Å². The van der Waals surface area contributed by atoms with Gasteiger partial charge in [-0.2, -0.15) is 0 Å². The summed E-state index contributed by atoms with van der Waals surface area (Å²) < 4.78 is 0. The van der Waals surface area contributed by atoms with Crippen molar-refractivity contribution in [1.82, 2.24) is 15.8 Å². The van der Waals surface area contributed by atoms with E-state index in [2.05, 4.69) is 28.0 Å². The largest absolute Gasteiger partial charge is 0.358 e. The molecule has 1 aliphatic carbocycles. The van der Waals surface area contributed by atoms with Crippen molar-refractivity contribution in [2.24, 2.45) is 5.92 Å². The van der Waals surface area contributed by atoms with Gasteiger partial charge in [0.1, 0.15) is 0 Å². The Morgan fingerprint density at radius 2 is 2.22 bits per heavy atom. The third-order valence-corrected chi connectivity index (χ3v) is 3.71. The Morgan fingerprint density at radius 3 is 3.06 bits per heavy atom. The molecule has 4 heteroatoms. The molecule has 1 amide bonds. The lowest BCUT2D eigenvalue weighted by Gasteiger charge is -2.21. The number of hydrogen-bond acceptors (Lipinski definition) is 2.